The second-order valence-electron chi connectivity index (χ2n) is 7.05. The zero-order valence-electron chi connectivity index (χ0n) is 15.7. The van der Waals surface area contributed by atoms with Crippen molar-refractivity contribution >= 4 is 23.1 Å². The fraction of sp³-hybridized carbons (Fsp3) is 0.333. The fourth-order valence-electron chi connectivity index (χ4n) is 3.44. The van der Waals surface area contributed by atoms with Gasteiger partial charge in [-0.2, -0.15) is 5.10 Å². The van der Waals surface area contributed by atoms with Gasteiger partial charge in [0.2, 0.25) is 0 Å². The molecule has 0 spiro atoms. The molecule has 0 atom stereocenters. The zero-order valence-corrected chi connectivity index (χ0v) is 16.6. The van der Waals surface area contributed by atoms with Gasteiger partial charge in [-0.05, 0) is 54.5 Å². The fourth-order valence-corrected chi connectivity index (χ4v) is 4.13. The van der Waals surface area contributed by atoms with Crippen molar-refractivity contribution in [3.8, 4) is 11.3 Å². The molecule has 5 nitrogen and oxygen atoms in total. The number of amides is 1. The summed E-state index contributed by atoms with van der Waals surface area (Å²) in [5.41, 5.74) is 4.76. The van der Waals surface area contributed by atoms with E-state index in [0.717, 1.165) is 54.6 Å². The smallest absolute Gasteiger partial charge is 0.263 e. The van der Waals surface area contributed by atoms with E-state index < -0.39 is 0 Å². The van der Waals surface area contributed by atoms with Gasteiger partial charge in [-0.15, -0.1) is 11.3 Å². The van der Waals surface area contributed by atoms with E-state index in [1.54, 1.807) is 0 Å². The molecule has 0 aliphatic carbocycles. The average molecular weight is 381 g/mol. The van der Waals surface area contributed by atoms with E-state index in [-0.39, 0.29) is 5.91 Å². The Morgan fingerprint density at radius 3 is 2.74 bits per heavy atom. The first kappa shape index (κ1) is 17.8. The molecule has 0 unspecified atom stereocenters. The van der Waals surface area contributed by atoms with Crippen molar-refractivity contribution in [2.24, 2.45) is 0 Å². The Labute approximate surface area is 163 Å². The summed E-state index contributed by atoms with van der Waals surface area (Å²) in [7, 11) is 0. The lowest BCUT2D eigenvalue weighted by molar-refractivity contribution is 0.0772. The number of hydrogen-bond donors (Lipinski definition) is 1. The summed E-state index contributed by atoms with van der Waals surface area (Å²) in [6, 6.07) is 12.4. The van der Waals surface area contributed by atoms with E-state index >= 15 is 0 Å². The molecule has 140 valence electrons. The lowest BCUT2D eigenvalue weighted by Gasteiger charge is -2.21. The van der Waals surface area contributed by atoms with Crippen LogP contribution in [0.5, 0.6) is 0 Å². The summed E-state index contributed by atoms with van der Waals surface area (Å²) in [6.45, 7) is 7.48. The predicted molar refractivity (Wildman–Crippen MR) is 111 cm³/mol. The number of aryl methyl sites for hydroxylation is 2. The summed E-state index contributed by atoms with van der Waals surface area (Å²) in [6.07, 6.45) is 0.947. The first-order chi connectivity index (χ1) is 13.1. The molecule has 1 amide bonds. The molecule has 3 aromatic rings. The highest BCUT2D eigenvalue weighted by molar-refractivity contribution is 7.12. The van der Waals surface area contributed by atoms with Gasteiger partial charge in [0, 0.05) is 32.2 Å². The van der Waals surface area contributed by atoms with Crippen LogP contribution < -0.4 is 4.90 Å². The number of carbonyl (C=O) groups is 1. The number of carbonyl (C=O) groups excluding carboxylic acids is 1. The normalized spacial score (nSPS) is 15.0. The van der Waals surface area contributed by atoms with Crippen molar-refractivity contribution in [1.82, 2.24) is 15.1 Å². The number of aromatic nitrogens is 2. The lowest BCUT2D eigenvalue weighted by Crippen LogP contribution is -2.34. The van der Waals surface area contributed by atoms with Gasteiger partial charge in [0.25, 0.3) is 5.91 Å². The maximum atomic E-state index is 12.6. The van der Waals surface area contributed by atoms with Crippen LogP contribution in [0.4, 0.5) is 5.82 Å². The van der Waals surface area contributed by atoms with E-state index in [0.29, 0.717) is 0 Å². The first-order valence-electron chi connectivity index (χ1n) is 9.32. The van der Waals surface area contributed by atoms with Gasteiger partial charge < -0.3 is 9.80 Å². The highest BCUT2D eigenvalue weighted by Gasteiger charge is 2.22. The number of anilines is 1. The molecule has 6 heteroatoms. The zero-order chi connectivity index (χ0) is 18.8. The maximum Gasteiger partial charge on any atom is 0.263 e. The van der Waals surface area contributed by atoms with Crippen LogP contribution in [-0.2, 0) is 0 Å². The number of rotatable bonds is 3. The quantitative estimate of drug-likeness (QED) is 0.744. The highest BCUT2D eigenvalue weighted by Crippen LogP contribution is 2.25. The minimum Gasteiger partial charge on any atom is -0.353 e. The minimum absolute atomic E-state index is 0.143. The Kier molecular flexibility index (Phi) is 4.99. The van der Waals surface area contributed by atoms with Gasteiger partial charge in [-0.3, -0.25) is 9.89 Å². The van der Waals surface area contributed by atoms with E-state index in [4.69, 9.17) is 0 Å². The molecule has 0 bridgehead atoms. The molecule has 1 aliphatic rings. The predicted octanol–water partition coefficient (Wildman–Crippen LogP) is 4.11. The van der Waals surface area contributed by atoms with Gasteiger partial charge in [-0.25, -0.2) is 0 Å². The van der Waals surface area contributed by atoms with Crippen LogP contribution in [0, 0.1) is 13.8 Å². The summed E-state index contributed by atoms with van der Waals surface area (Å²) in [5, 5.41) is 9.66. The van der Waals surface area contributed by atoms with Crippen molar-refractivity contribution in [2.45, 2.75) is 20.3 Å². The van der Waals surface area contributed by atoms with Crippen LogP contribution in [0.15, 0.2) is 41.8 Å². The molecule has 0 radical (unpaired) electrons. The summed E-state index contributed by atoms with van der Waals surface area (Å²) in [4.78, 5) is 17.6. The van der Waals surface area contributed by atoms with Crippen LogP contribution in [0.3, 0.4) is 0 Å². The summed E-state index contributed by atoms with van der Waals surface area (Å²) >= 11 is 1.51. The second kappa shape index (κ2) is 7.56. The SMILES string of the molecule is Cc1ccc(-c2cc(N3CCCN(C(=O)c4cccs4)CC3)n[nH]2)cc1C. The Bertz CT molecular complexity index is 932. The Morgan fingerprint density at radius 1 is 1.07 bits per heavy atom. The van der Waals surface area contributed by atoms with Gasteiger partial charge in [-0.1, -0.05) is 18.2 Å². The van der Waals surface area contributed by atoms with Crippen molar-refractivity contribution < 1.29 is 4.79 Å². The molecule has 1 fully saturated rings. The van der Waals surface area contributed by atoms with Crippen molar-refractivity contribution in [3.63, 3.8) is 0 Å². The molecular weight excluding hydrogens is 356 g/mol. The van der Waals surface area contributed by atoms with Crippen molar-refractivity contribution in [2.75, 3.05) is 31.1 Å². The van der Waals surface area contributed by atoms with Crippen LogP contribution >= 0.6 is 11.3 Å². The van der Waals surface area contributed by atoms with E-state index in [2.05, 4.69) is 53.2 Å². The average Bonchev–Trinajstić information content (AvgIpc) is 3.32. The summed E-state index contributed by atoms with van der Waals surface area (Å²) < 4.78 is 0. The molecule has 3 heterocycles. The minimum atomic E-state index is 0.143. The molecule has 1 saturated heterocycles. The number of thiophene rings is 1. The van der Waals surface area contributed by atoms with Crippen molar-refractivity contribution in [3.05, 3.63) is 57.8 Å². The van der Waals surface area contributed by atoms with Crippen LogP contribution in [0.25, 0.3) is 11.3 Å². The summed E-state index contributed by atoms with van der Waals surface area (Å²) in [5.74, 6) is 1.10. The maximum absolute atomic E-state index is 12.6. The van der Waals surface area contributed by atoms with Gasteiger partial charge in [0.05, 0.1) is 10.6 Å². The van der Waals surface area contributed by atoms with E-state index in [1.807, 2.05) is 22.4 Å². The standard InChI is InChI=1S/C21H24N4OS/c1-15-6-7-17(13-16(15)2)18-14-20(23-22-18)24-8-4-9-25(11-10-24)21(26)19-5-3-12-27-19/h3,5-7,12-14H,4,8-11H2,1-2H3,(H,22,23). The monoisotopic (exact) mass is 380 g/mol. The van der Waals surface area contributed by atoms with Gasteiger partial charge in [0.1, 0.15) is 0 Å². The molecule has 2 aromatic heterocycles. The Morgan fingerprint density at radius 2 is 1.96 bits per heavy atom. The largest absolute Gasteiger partial charge is 0.353 e. The van der Waals surface area contributed by atoms with Crippen LogP contribution in [-0.4, -0.2) is 47.2 Å². The topological polar surface area (TPSA) is 52.2 Å². The molecule has 1 aliphatic heterocycles. The Hall–Kier alpha value is -2.60. The van der Waals surface area contributed by atoms with E-state index in [9.17, 15) is 4.79 Å². The third kappa shape index (κ3) is 3.76. The second-order valence-corrected chi connectivity index (χ2v) is 8.00. The highest BCUT2D eigenvalue weighted by atomic mass is 32.1. The van der Waals surface area contributed by atoms with Crippen LogP contribution in [0.1, 0.15) is 27.2 Å². The number of H-pyrrole nitrogens is 1. The third-order valence-corrected chi connectivity index (χ3v) is 6.08. The number of benzene rings is 1. The number of aromatic amines is 1. The van der Waals surface area contributed by atoms with E-state index in [1.165, 1.54) is 22.5 Å². The molecular formula is C21H24N4OS. The van der Waals surface area contributed by atoms with Gasteiger partial charge >= 0.3 is 0 Å². The third-order valence-electron chi connectivity index (χ3n) is 5.22. The van der Waals surface area contributed by atoms with Crippen molar-refractivity contribution in [1.29, 1.82) is 0 Å². The Balaban J connectivity index is 1.46. The molecule has 1 N–H and O–H groups in total. The lowest BCUT2D eigenvalue weighted by atomic mass is 10.0. The first-order valence-corrected chi connectivity index (χ1v) is 10.2. The number of nitrogens with one attached hydrogen (secondary N) is 1. The molecule has 27 heavy (non-hydrogen) atoms. The van der Waals surface area contributed by atoms with Crippen LogP contribution in [0.2, 0.25) is 0 Å². The molecule has 4 rings (SSSR count). The molecule has 0 saturated carbocycles. The molecule has 1 aromatic carbocycles. The number of hydrogen-bond acceptors (Lipinski definition) is 4. The number of nitrogens with zero attached hydrogens (tertiary/aromatic N) is 3. The van der Waals surface area contributed by atoms with Gasteiger partial charge in [0.15, 0.2) is 5.82 Å².